The quantitative estimate of drug-likeness (QED) is 0.512. The lowest BCUT2D eigenvalue weighted by molar-refractivity contribution is 0.473. The number of aromatic nitrogens is 2. The van der Waals surface area contributed by atoms with Crippen LogP contribution in [0.5, 0.6) is 5.75 Å². The minimum atomic E-state index is 0.0855. The molecule has 2 aromatic heterocycles. The third-order valence-electron chi connectivity index (χ3n) is 5.24. The number of nitrogens with zero attached hydrogens (tertiary/aromatic N) is 4. The maximum absolute atomic E-state index is 10.6. The Balaban J connectivity index is 1.85. The minimum Gasteiger partial charge on any atom is -0.507 e. The van der Waals surface area contributed by atoms with Crippen molar-refractivity contribution in [3.63, 3.8) is 0 Å². The number of aliphatic imine (C=N–C) groups is 1. The highest BCUT2D eigenvalue weighted by atomic mass is 35.5. The Morgan fingerprint density at radius 2 is 2.00 bits per heavy atom. The molecule has 1 aliphatic heterocycles. The second-order valence-corrected chi connectivity index (χ2v) is 7.44. The number of rotatable bonds is 3. The van der Waals surface area contributed by atoms with Gasteiger partial charge in [0.25, 0.3) is 0 Å². The van der Waals surface area contributed by atoms with E-state index in [0.29, 0.717) is 33.2 Å². The number of halogens is 1. The second kappa shape index (κ2) is 7.28. The number of anilines is 2. The summed E-state index contributed by atoms with van der Waals surface area (Å²) >= 11 is 6.58. The van der Waals surface area contributed by atoms with E-state index in [4.69, 9.17) is 17.3 Å². The molecule has 28 heavy (non-hydrogen) atoms. The molecule has 0 amide bonds. The highest BCUT2D eigenvalue weighted by molar-refractivity contribution is 6.35. The lowest BCUT2D eigenvalue weighted by atomic mass is 9.99. The summed E-state index contributed by atoms with van der Waals surface area (Å²) in [6.45, 7) is 3.84. The SMILES string of the molecule is CN=Cc1cc(-c2cc(Cl)c3cc(N4CCCC4)cnc3n2)c(O)c(C)c1N. The molecule has 3 N–H and O–H groups in total. The van der Waals surface area contributed by atoms with E-state index in [9.17, 15) is 5.11 Å². The molecule has 0 atom stereocenters. The van der Waals surface area contributed by atoms with Gasteiger partial charge in [-0.25, -0.2) is 9.97 Å². The van der Waals surface area contributed by atoms with Crippen molar-refractivity contribution in [2.24, 2.45) is 4.99 Å². The molecule has 4 rings (SSSR count). The molecular formula is C21H22ClN5O. The van der Waals surface area contributed by atoms with E-state index in [2.05, 4.69) is 19.9 Å². The van der Waals surface area contributed by atoms with Gasteiger partial charge in [0.2, 0.25) is 0 Å². The van der Waals surface area contributed by atoms with Crippen LogP contribution in [-0.2, 0) is 0 Å². The Morgan fingerprint density at radius 3 is 2.71 bits per heavy atom. The number of nitrogens with two attached hydrogens (primary N) is 1. The van der Waals surface area contributed by atoms with Crippen LogP contribution in [0.3, 0.4) is 0 Å². The van der Waals surface area contributed by atoms with Crippen LogP contribution in [0.15, 0.2) is 29.4 Å². The van der Waals surface area contributed by atoms with Gasteiger partial charge in [0, 0.05) is 54.1 Å². The van der Waals surface area contributed by atoms with Crippen LogP contribution in [0.2, 0.25) is 5.02 Å². The van der Waals surface area contributed by atoms with Gasteiger partial charge in [-0.3, -0.25) is 4.99 Å². The van der Waals surface area contributed by atoms with E-state index < -0.39 is 0 Å². The fraction of sp³-hybridized carbons (Fsp3) is 0.286. The lowest BCUT2D eigenvalue weighted by Crippen LogP contribution is -2.17. The molecule has 0 unspecified atom stereocenters. The Kier molecular flexibility index (Phi) is 4.81. The number of hydrogen-bond acceptors (Lipinski definition) is 6. The molecule has 144 valence electrons. The van der Waals surface area contributed by atoms with E-state index in [1.807, 2.05) is 12.3 Å². The molecule has 1 saturated heterocycles. The summed E-state index contributed by atoms with van der Waals surface area (Å²) in [5.74, 6) is 0.0855. The molecule has 0 aliphatic carbocycles. The zero-order valence-electron chi connectivity index (χ0n) is 15.9. The van der Waals surface area contributed by atoms with Gasteiger partial charge < -0.3 is 15.7 Å². The number of phenols is 1. The first-order valence-corrected chi connectivity index (χ1v) is 9.63. The second-order valence-electron chi connectivity index (χ2n) is 7.04. The Labute approximate surface area is 168 Å². The topological polar surface area (TPSA) is 87.6 Å². The molecular weight excluding hydrogens is 374 g/mol. The van der Waals surface area contributed by atoms with Gasteiger partial charge in [-0.15, -0.1) is 0 Å². The van der Waals surface area contributed by atoms with Crippen LogP contribution in [0, 0.1) is 6.92 Å². The molecule has 0 spiro atoms. The van der Waals surface area contributed by atoms with Crippen molar-refractivity contribution in [1.29, 1.82) is 0 Å². The van der Waals surface area contributed by atoms with Crippen LogP contribution in [-0.4, -0.2) is 41.4 Å². The van der Waals surface area contributed by atoms with Gasteiger partial charge in [0.1, 0.15) is 5.75 Å². The fourth-order valence-electron chi connectivity index (χ4n) is 3.63. The normalized spacial score (nSPS) is 14.5. The molecule has 3 heterocycles. The van der Waals surface area contributed by atoms with Gasteiger partial charge in [0.15, 0.2) is 5.65 Å². The third-order valence-corrected chi connectivity index (χ3v) is 5.55. The van der Waals surface area contributed by atoms with E-state index in [0.717, 1.165) is 29.7 Å². The average molecular weight is 396 g/mol. The van der Waals surface area contributed by atoms with Gasteiger partial charge in [-0.05, 0) is 38.0 Å². The fourth-order valence-corrected chi connectivity index (χ4v) is 3.87. The zero-order valence-corrected chi connectivity index (χ0v) is 16.7. The first kappa shape index (κ1) is 18.5. The summed E-state index contributed by atoms with van der Waals surface area (Å²) in [7, 11) is 1.67. The van der Waals surface area contributed by atoms with Crippen LogP contribution in [0.25, 0.3) is 22.3 Å². The van der Waals surface area contributed by atoms with Crippen molar-refractivity contribution in [2.45, 2.75) is 19.8 Å². The summed E-state index contributed by atoms with van der Waals surface area (Å²) in [5.41, 5.74) is 10.6. The monoisotopic (exact) mass is 395 g/mol. The van der Waals surface area contributed by atoms with Crippen LogP contribution in [0.1, 0.15) is 24.0 Å². The van der Waals surface area contributed by atoms with Gasteiger partial charge in [-0.2, -0.15) is 0 Å². The summed E-state index contributed by atoms with van der Waals surface area (Å²) < 4.78 is 0. The highest BCUT2D eigenvalue weighted by Gasteiger charge is 2.18. The highest BCUT2D eigenvalue weighted by Crippen LogP contribution is 2.38. The molecule has 6 nitrogen and oxygen atoms in total. The van der Waals surface area contributed by atoms with Crippen molar-refractivity contribution in [3.05, 3.63) is 40.5 Å². The van der Waals surface area contributed by atoms with E-state index in [-0.39, 0.29) is 5.75 Å². The van der Waals surface area contributed by atoms with Crippen LogP contribution < -0.4 is 10.6 Å². The maximum atomic E-state index is 10.6. The van der Waals surface area contributed by atoms with Crippen LogP contribution >= 0.6 is 11.6 Å². The van der Waals surface area contributed by atoms with Crippen molar-refractivity contribution >= 4 is 40.2 Å². The molecule has 0 bridgehead atoms. The van der Waals surface area contributed by atoms with Crippen molar-refractivity contribution in [3.8, 4) is 17.0 Å². The predicted molar refractivity (Wildman–Crippen MR) is 116 cm³/mol. The van der Waals surface area contributed by atoms with Gasteiger partial charge in [-0.1, -0.05) is 11.6 Å². The number of hydrogen-bond donors (Lipinski definition) is 2. The predicted octanol–water partition coefficient (Wildman–Crippen LogP) is 4.20. The van der Waals surface area contributed by atoms with Crippen molar-refractivity contribution in [1.82, 2.24) is 9.97 Å². The number of phenolic OH excluding ortho intramolecular Hbond substituents is 1. The van der Waals surface area contributed by atoms with E-state index in [1.54, 1.807) is 32.3 Å². The lowest BCUT2D eigenvalue weighted by Gasteiger charge is -2.18. The van der Waals surface area contributed by atoms with Gasteiger partial charge in [0.05, 0.1) is 22.6 Å². The Hall–Kier alpha value is -2.86. The number of benzene rings is 1. The standard InChI is InChI=1S/C21H22ClN5O/c1-12-19(23)13(10-24-2)7-16(20(12)28)18-9-17(22)15-8-14(11-25-21(15)26-18)27-5-3-4-6-27/h7-11,28H,3-6,23H2,1-2H3. The Bertz CT molecular complexity index is 1090. The number of pyridine rings is 2. The molecule has 0 radical (unpaired) electrons. The smallest absolute Gasteiger partial charge is 0.161 e. The number of nitrogen functional groups attached to an aromatic ring is 1. The summed E-state index contributed by atoms with van der Waals surface area (Å²) in [6, 6.07) is 5.57. The van der Waals surface area contributed by atoms with Crippen LogP contribution in [0.4, 0.5) is 11.4 Å². The molecule has 0 saturated carbocycles. The van der Waals surface area contributed by atoms with Crippen molar-refractivity contribution in [2.75, 3.05) is 30.8 Å². The summed E-state index contributed by atoms with van der Waals surface area (Å²) in [4.78, 5) is 15.5. The van der Waals surface area contributed by atoms with Crippen molar-refractivity contribution < 1.29 is 5.11 Å². The summed E-state index contributed by atoms with van der Waals surface area (Å²) in [5, 5.41) is 12.0. The molecule has 3 aromatic rings. The number of aromatic hydroxyl groups is 1. The molecule has 1 fully saturated rings. The molecule has 7 heteroatoms. The van der Waals surface area contributed by atoms with E-state index in [1.165, 1.54) is 12.8 Å². The first-order chi connectivity index (χ1) is 13.5. The average Bonchev–Trinajstić information content (AvgIpc) is 3.23. The largest absolute Gasteiger partial charge is 0.507 e. The summed E-state index contributed by atoms with van der Waals surface area (Å²) in [6.07, 6.45) is 5.89. The Morgan fingerprint density at radius 1 is 1.25 bits per heavy atom. The number of fused-ring (bicyclic) bond motifs is 1. The first-order valence-electron chi connectivity index (χ1n) is 9.25. The van der Waals surface area contributed by atoms with Gasteiger partial charge >= 0.3 is 0 Å². The third kappa shape index (κ3) is 3.14. The maximum Gasteiger partial charge on any atom is 0.161 e. The molecule has 1 aromatic carbocycles. The van der Waals surface area contributed by atoms with E-state index >= 15 is 0 Å². The molecule has 1 aliphatic rings. The minimum absolute atomic E-state index is 0.0855. The zero-order chi connectivity index (χ0) is 19.8.